The standard InChI is InChI=1S/C21H20ClN3O5S2/c1-30-18-7-6-15(24-20(26)8-10-23-21(27)14-9-11-31-13-14)12-19(18)32(28,29)25-17-5-3-2-4-16(17)22/h2-7,9,11-13,25H,8,10H2,1H3,(H,23,27)(H,24,26). The van der Waals surface area contributed by atoms with Gasteiger partial charge >= 0.3 is 0 Å². The van der Waals surface area contributed by atoms with Crippen LogP contribution in [-0.4, -0.2) is 33.9 Å². The number of ether oxygens (including phenoxy) is 1. The van der Waals surface area contributed by atoms with Crippen molar-refractivity contribution < 1.29 is 22.7 Å². The average molecular weight is 494 g/mol. The molecule has 1 aromatic heterocycles. The molecule has 8 nitrogen and oxygen atoms in total. The summed E-state index contributed by atoms with van der Waals surface area (Å²) in [4.78, 5) is 24.0. The van der Waals surface area contributed by atoms with E-state index in [1.54, 1.807) is 35.0 Å². The minimum atomic E-state index is -4.06. The van der Waals surface area contributed by atoms with Crippen LogP contribution >= 0.6 is 22.9 Å². The number of hydrogen-bond donors (Lipinski definition) is 3. The lowest BCUT2D eigenvalue weighted by Crippen LogP contribution is -2.27. The van der Waals surface area contributed by atoms with Crippen LogP contribution in [0.15, 0.2) is 64.2 Å². The molecule has 0 aliphatic carbocycles. The van der Waals surface area contributed by atoms with Crippen LogP contribution in [0.4, 0.5) is 11.4 Å². The van der Waals surface area contributed by atoms with E-state index in [-0.39, 0.29) is 51.8 Å². The number of amides is 2. The molecule has 32 heavy (non-hydrogen) atoms. The molecule has 2 amide bonds. The fraction of sp³-hybridized carbons (Fsp3) is 0.143. The van der Waals surface area contributed by atoms with Crippen LogP contribution in [0.5, 0.6) is 5.75 Å². The molecular formula is C21H20ClN3O5S2. The van der Waals surface area contributed by atoms with Gasteiger partial charge in [-0.3, -0.25) is 14.3 Å². The van der Waals surface area contributed by atoms with Crippen LogP contribution in [0.25, 0.3) is 0 Å². The van der Waals surface area contributed by atoms with Gasteiger partial charge in [0.2, 0.25) is 5.91 Å². The largest absolute Gasteiger partial charge is 0.495 e. The molecule has 0 saturated carbocycles. The van der Waals surface area contributed by atoms with Gasteiger partial charge in [-0.1, -0.05) is 23.7 Å². The van der Waals surface area contributed by atoms with E-state index >= 15 is 0 Å². The van der Waals surface area contributed by atoms with Gasteiger partial charge in [0.15, 0.2) is 0 Å². The molecule has 0 radical (unpaired) electrons. The molecule has 0 spiro atoms. The number of anilines is 2. The van der Waals surface area contributed by atoms with Gasteiger partial charge in [-0.15, -0.1) is 0 Å². The topological polar surface area (TPSA) is 114 Å². The third-order valence-electron chi connectivity index (χ3n) is 4.28. The van der Waals surface area contributed by atoms with E-state index in [0.29, 0.717) is 5.56 Å². The first kappa shape index (κ1) is 23.6. The summed E-state index contributed by atoms with van der Waals surface area (Å²) in [6, 6.07) is 12.4. The van der Waals surface area contributed by atoms with Gasteiger partial charge in [-0.2, -0.15) is 11.3 Å². The van der Waals surface area contributed by atoms with Gasteiger partial charge < -0.3 is 15.4 Å². The number of benzene rings is 2. The molecule has 0 unspecified atom stereocenters. The van der Waals surface area contributed by atoms with E-state index in [1.165, 1.54) is 42.7 Å². The molecule has 0 fully saturated rings. The van der Waals surface area contributed by atoms with Crippen molar-refractivity contribution in [1.82, 2.24) is 5.32 Å². The molecule has 0 saturated heterocycles. The van der Waals surface area contributed by atoms with E-state index in [0.717, 1.165) is 0 Å². The molecular weight excluding hydrogens is 474 g/mol. The van der Waals surface area contributed by atoms with Crippen LogP contribution in [0.1, 0.15) is 16.8 Å². The summed E-state index contributed by atoms with van der Waals surface area (Å²) in [6.07, 6.45) is 0.0157. The number of carbonyl (C=O) groups excluding carboxylic acids is 2. The fourth-order valence-electron chi connectivity index (χ4n) is 2.72. The Kier molecular flexibility index (Phi) is 7.73. The molecule has 1 heterocycles. The smallest absolute Gasteiger partial charge is 0.265 e. The maximum absolute atomic E-state index is 12.9. The Labute approximate surface area is 194 Å². The number of halogens is 1. The third-order valence-corrected chi connectivity index (χ3v) is 6.68. The predicted octanol–water partition coefficient (Wildman–Crippen LogP) is 3.97. The Hall–Kier alpha value is -3.08. The minimum Gasteiger partial charge on any atom is -0.495 e. The molecule has 168 valence electrons. The molecule has 3 aromatic rings. The molecule has 0 aliphatic rings. The second-order valence-corrected chi connectivity index (χ2v) is 9.36. The van der Waals surface area contributed by atoms with Crippen LogP contribution in [0, 0.1) is 0 Å². The van der Waals surface area contributed by atoms with Crippen molar-refractivity contribution in [3.05, 3.63) is 69.9 Å². The summed E-state index contributed by atoms with van der Waals surface area (Å²) < 4.78 is 33.4. The SMILES string of the molecule is COc1ccc(NC(=O)CCNC(=O)c2ccsc2)cc1S(=O)(=O)Nc1ccccc1Cl. The second-order valence-electron chi connectivity index (χ2n) is 6.52. The van der Waals surface area contributed by atoms with Crippen LogP contribution in [0.3, 0.4) is 0 Å². The lowest BCUT2D eigenvalue weighted by molar-refractivity contribution is -0.116. The summed E-state index contributed by atoms with van der Waals surface area (Å²) in [5, 5.41) is 9.03. The van der Waals surface area contributed by atoms with Crippen molar-refractivity contribution in [2.75, 3.05) is 23.7 Å². The summed E-state index contributed by atoms with van der Waals surface area (Å²) >= 11 is 7.46. The first-order chi connectivity index (χ1) is 15.3. The molecule has 3 N–H and O–H groups in total. The average Bonchev–Trinajstić information content (AvgIpc) is 3.30. The van der Waals surface area contributed by atoms with E-state index < -0.39 is 10.0 Å². The molecule has 2 aromatic carbocycles. The zero-order chi connectivity index (χ0) is 23.1. The fourth-order valence-corrected chi connectivity index (χ4v) is 4.87. The Bertz CT molecular complexity index is 1210. The summed E-state index contributed by atoms with van der Waals surface area (Å²) in [5.74, 6) is -0.545. The number of para-hydroxylation sites is 1. The van der Waals surface area contributed by atoms with Gasteiger partial charge in [0.1, 0.15) is 10.6 Å². The summed E-state index contributed by atoms with van der Waals surface area (Å²) in [6.45, 7) is 0.135. The Morgan fingerprint density at radius 1 is 1.12 bits per heavy atom. The normalized spacial score (nSPS) is 10.9. The number of sulfonamides is 1. The molecule has 0 bridgehead atoms. The maximum atomic E-state index is 12.9. The highest BCUT2D eigenvalue weighted by Crippen LogP contribution is 2.30. The number of rotatable bonds is 9. The van der Waals surface area contributed by atoms with E-state index in [9.17, 15) is 18.0 Å². The number of thiophene rings is 1. The first-order valence-corrected chi connectivity index (χ1v) is 12.2. The third kappa shape index (κ3) is 6.00. The Balaban J connectivity index is 1.68. The molecule has 11 heteroatoms. The second kappa shape index (κ2) is 10.5. The predicted molar refractivity (Wildman–Crippen MR) is 125 cm³/mol. The first-order valence-electron chi connectivity index (χ1n) is 9.36. The van der Waals surface area contributed by atoms with Gasteiger partial charge in [0, 0.05) is 29.6 Å². The van der Waals surface area contributed by atoms with Crippen molar-refractivity contribution in [3.8, 4) is 5.75 Å². The quantitative estimate of drug-likeness (QED) is 0.417. The van der Waals surface area contributed by atoms with Crippen molar-refractivity contribution in [2.45, 2.75) is 11.3 Å². The number of nitrogens with one attached hydrogen (secondary N) is 3. The molecule has 0 aliphatic heterocycles. The lowest BCUT2D eigenvalue weighted by atomic mass is 10.2. The van der Waals surface area contributed by atoms with E-state index in [1.807, 2.05) is 0 Å². The zero-order valence-electron chi connectivity index (χ0n) is 16.9. The molecule has 0 atom stereocenters. The number of methoxy groups -OCH3 is 1. The van der Waals surface area contributed by atoms with Gasteiger partial charge in [0.05, 0.1) is 17.8 Å². The zero-order valence-corrected chi connectivity index (χ0v) is 19.3. The highest BCUT2D eigenvalue weighted by molar-refractivity contribution is 7.92. The lowest BCUT2D eigenvalue weighted by Gasteiger charge is -2.14. The van der Waals surface area contributed by atoms with Gasteiger partial charge in [-0.25, -0.2) is 8.42 Å². The van der Waals surface area contributed by atoms with Gasteiger partial charge in [-0.05, 0) is 41.8 Å². The monoisotopic (exact) mass is 493 g/mol. The van der Waals surface area contributed by atoms with Crippen molar-refractivity contribution >= 4 is 56.2 Å². The molecule has 3 rings (SSSR count). The van der Waals surface area contributed by atoms with Crippen LogP contribution < -0.4 is 20.1 Å². The Morgan fingerprint density at radius 3 is 2.59 bits per heavy atom. The summed E-state index contributed by atoms with van der Waals surface area (Å²) in [7, 11) is -2.71. The van der Waals surface area contributed by atoms with Crippen molar-refractivity contribution in [2.24, 2.45) is 0 Å². The van der Waals surface area contributed by atoms with Crippen molar-refractivity contribution in [3.63, 3.8) is 0 Å². The highest BCUT2D eigenvalue weighted by Gasteiger charge is 2.22. The maximum Gasteiger partial charge on any atom is 0.265 e. The van der Waals surface area contributed by atoms with Crippen LogP contribution in [0.2, 0.25) is 5.02 Å². The Morgan fingerprint density at radius 2 is 1.91 bits per heavy atom. The minimum absolute atomic E-state index is 0.0157. The summed E-state index contributed by atoms with van der Waals surface area (Å²) in [5.41, 5.74) is 1.01. The number of carbonyl (C=O) groups is 2. The van der Waals surface area contributed by atoms with Crippen LogP contribution in [-0.2, 0) is 14.8 Å². The van der Waals surface area contributed by atoms with Gasteiger partial charge in [0.25, 0.3) is 15.9 Å². The van der Waals surface area contributed by atoms with Crippen molar-refractivity contribution in [1.29, 1.82) is 0 Å². The highest BCUT2D eigenvalue weighted by atomic mass is 35.5. The van der Waals surface area contributed by atoms with E-state index in [2.05, 4.69) is 15.4 Å². The number of hydrogen-bond acceptors (Lipinski definition) is 6. The van der Waals surface area contributed by atoms with E-state index in [4.69, 9.17) is 16.3 Å².